The molecule has 0 N–H and O–H groups in total. The Hall–Kier alpha value is -0.971. The number of hydrogen-bond donors (Lipinski definition) is 0. The number of rotatable bonds is 4. The molecule has 0 atom stereocenters. The summed E-state index contributed by atoms with van der Waals surface area (Å²) in [6.07, 6.45) is 0. The predicted molar refractivity (Wildman–Crippen MR) is 68.6 cm³/mol. The molecule has 0 aliphatic carbocycles. The van der Waals surface area contributed by atoms with E-state index in [0.717, 1.165) is 11.1 Å². The molecule has 2 rings (SSSR count). The number of hydrogen-bond acceptors (Lipinski definition) is 0. The van der Waals surface area contributed by atoms with Gasteiger partial charge in [0.25, 0.3) is 0 Å². The Balaban J connectivity index is 2.36. The molecule has 2 aromatic carbocycles. The summed E-state index contributed by atoms with van der Waals surface area (Å²) in [6, 6.07) is 17.9. The standard InChI is InChI=1S/C14H13.3FH.Sn/c1-12(13-8-4-2-5-9-13)14-10-6-3-7-11-14;;;;/h2-12H,1H2;3*1H;/q;;;;+3/p-3. The van der Waals surface area contributed by atoms with Crippen molar-refractivity contribution >= 4 is 20.1 Å². The molecule has 0 saturated carbocycles. The van der Waals surface area contributed by atoms with Crippen molar-refractivity contribution in [3.8, 4) is 0 Å². The minimum absolute atomic E-state index is 0.539. The van der Waals surface area contributed by atoms with Gasteiger partial charge in [0.05, 0.1) is 0 Å². The molecule has 0 radical (unpaired) electrons. The summed E-state index contributed by atoms with van der Waals surface area (Å²) in [5, 5.41) is 0. The Bertz CT molecular complexity index is 440. The zero-order valence-electron chi connectivity index (χ0n) is 9.69. The minimum atomic E-state index is -6.31. The van der Waals surface area contributed by atoms with Gasteiger partial charge in [-0.2, -0.15) is 0 Å². The molecule has 0 aliphatic heterocycles. The summed E-state index contributed by atoms with van der Waals surface area (Å²) in [4.78, 5) is 0. The van der Waals surface area contributed by atoms with Crippen LogP contribution in [0.5, 0.6) is 0 Å². The van der Waals surface area contributed by atoms with Crippen LogP contribution >= 0.6 is 0 Å². The van der Waals surface area contributed by atoms with Crippen molar-refractivity contribution in [2.75, 3.05) is 0 Å². The third-order valence-corrected chi connectivity index (χ3v) is 5.33. The van der Waals surface area contributed by atoms with Gasteiger partial charge < -0.3 is 0 Å². The monoisotopic (exact) mass is 358 g/mol. The quantitative estimate of drug-likeness (QED) is 0.698. The van der Waals surface area contributed by atoms with E-state index in [0.29, 0.717) is 0 Å². The van der Waals surface area contributed by atoms with E-state index in [4.69, 9.17) is 0 Å². The van der Waals surface area contributed by atoms with Crippen molar-refractivity contribution in [2.45, 2.75) is 10.4 Å². The van der Waals surface area contributed by atoms with Crippen molar-refractivity contribution < 1.29 is 8.60 Å². The molecule has 0 amide bonds. The summed E-state index contributed by atoms with van der Waals surface area (Å²) in [5.41, 5.74) is 1.50. The van der Waals surface area contributed by atoms with Crippen LogP contribution in [0.4, 0.5) is 8.60 Å². The fourth-order valence-electron chi connectivity index (χ4n) is 2.03. The van der Waals surface area contributed by atoms with E-state index >= 15 is 0 Å². The van der Waals surface area contributed by atoms with Crippen LogP contribution in [0, 0.1) is 0 Å². The van der Waals surface area contributed by atoms with E-state index in [2.05, 4.69) is 0 Å². The van der Waals surface area contributed by atoms with Gasteiger partial charge in [-0.1, -0.05) is 0 Å². The Morgan fingerprint density at radius 2 is 1.11 bits per heavy atom. The SMILES string of the molecule is [F][Sn]([F])([F])[CH2]C(c1ccccc1)c1ccccc1. The molecule has 0 aromatic heterocycles. The Morgan fingerprint density at radius 1 is 0.722 bits per heavy atom. The topological polar surface area (TPSA) is 0 Å². The van der Waals surface area contributed by atoms with E-state index in [9.17, 15) is 8.60 Å². The summed E-state index contributed by atoms with van der Waals surface area (Å²) in [5.74, 6) is -0.539. The average Bonchev–Trinajstić information content (AvgIpc) is 2.37. The van der Waals surface area contributed by atoms with Gasteiger partial charge in [0.2, 0.25) is 0 Å². The maximum atomic E-state index is 12.9. The van der Waals surface area contributed by atoms with E-state index < -0.39 is 30.4 Å². The second kappa shape index (κ2) is 5.78. The molecule has 2 aromatic rings. The third kappa shape index (κ3) is 3.76. The van der Waals surface area contributed by atoms with E-state index in [1.165, 1.54) is 0 Å². The molecule has 0 saturated heterocycles. The van der Waals surface area contributed by atoms with Crippen LogP contribution in [-0.4, -0.2) is 20.1 Å². The molecule has 0 aliphatic rings. The molecule has 0 spiro atoms. The van der Waals surface area contributed by atoms with Gasteiger partial charge in [0.1, 0.15) is 0 Å². The molecule has 0 heterocycles. The predicted octanol–water partition coefficient (Wildman–Crippen LogP) is 4.67. The molecule has 18 heavy (non-hydrogen) atoms. The molecule has 4 heteroatoms. The zero-order chi connectivity index (χ0) is 13.0. The molecule has 94 valence electrons. The van der Waals surface area contributed by atoms with Crippen LogP contribution in [0.2, 0.25) is 4.44 Å². The van der Waals surface area contributed by atoms with E-state index in [1.54, 1.807) is 48.5 Å². The first kappa shape index (κ1) is 13.5. The first-order valence-corrected chi connectivity index (χ1v) is 11.0. The van der Waals surface area contributed by atoms with E-state index in [1.807, 2.05) is 12.1 Å². The van der Waals surface area contributed by atoms with Gasteiger partial charge in [-0.25, -0.2) is 0 Å². The van der Waals surface area contributed by atoms with Gasteiger partial charge in [-0.3, -0.25) is 0 Å². The van der Waals surface area contributed by atoms with E-state index in [-0.39, 0.29) is 0 Å². The Labute approximate surface area is 111 Å². The van der Waals surface area contributed by atoms with Gasteiger partial charge in [0, 0.05) is 0 Å². The van der Waals surface area contributed by atoms with Crippen molar-refractivity contribution in [1.29, 1.82) is 0 Å². The fraction of sp³-hybridized carbons (Fsp3) is 0.143. The fourth-order valence-corrected chi connectivity index (χ4v) is 4.70. The summed E-state index contributed by atoms with van der Waals surface area (Å²) >= 11 is -6.31. The first-order valence-electron chi connectivity index (χ1n) is 5.73. The Kier molecular flexibility index (Phi) is 4.32. The van der Waals surface area contributed by atoms with Crippen LogP contribution in [0.25, 0.3) is 0 Å². The molecule has 0 bridgehead atoms. The maximum absolute atomic E-state index is 12.9. The second-order valence-electron chi connectivity index (χ2n) is 4.19. The van der Waals surface area contributed by atoms with Crippen LogP contribution in [-0.2, 0) is 0 Å². The van der Waals surface area contributed by atoms with Gasteiger partial charge in [-0.05, 0) is 0 Å². The van der Waals surface area contributed by atoms with Crippen molar-refractivity contribution in [2.24, 2.45) is 0 Å². The van der Waals surface area contributed by atoms with Crippen molar-refractivity contribution in [3.05, 3.63) is 71.8 Å². The van der Waals surface area contributed by atoms with Crippen LogP contribution in [0.15, 0.2) is 60.7 Å². The molecule has 0 nitrogen and oxygen atoms in total. The third-order valence-electron chi connectivity index (χ3n) is 2.84. The Morgan fingerprint density at radius 3 is 1.44 bits per heavy atom. The molecular weight excluding hydrogens is 344 g/mol. The second-order valence-corrected chi connectivity index (χ2v) is 8.87. The molecule has 0 fully saturated rings. The summed E-state index contributed by atoms with van der Waals surface area (Å²) in [7, 11) is 0. The number of benzene rings is 2. The van der Waals surface area contributed by atoms with Crippen LogP contribution in [0.1, 0.15) is 17.0 Å². The molecule has 0 unspecified atom stereocenters. The number of halogens is 3. The summed E-state index contributed by atoms with van der Waals surface area (Å²) < 4.78 is 38.0. The van der Waals surface area contributed by atoms with Crippen LogP contribution in [0.3, 0.4) is 0 Å². The normalized spacial score (nSPS) is 11.8. The summed E-state index contributed by atoms with van der Waals surface area (Å²) in [6.45, 7) is 0. The van der Waals surface area contributed by atoms with Crippen molar-refractivity contribution in [3.63, 3.8) is 0 Å². The first-order chi connectivity index (χ1) is 8.56. The average molecular weight is 357 g/mol. The zero-order valence-corrected chi connectivity index (χ0v) is 12.5. The van der Waals surface area contributed by atoms with Gasteiger partial charge in [-0.15, -0.1) is 0 Å². The van der Waals surface area contributed by atoms with Crippen molar-refractivity contribution in [1.82, 2.24) is 0 Å². The molecular formula is C14H13F3Sn. The van der Waals surface area contributed by atoms with Crippen LogP contribution < -0.4 is 0 Å². The van der Waals surface area contributed by atoms with Gasteiger partial charge in [0.15, 0.2) is 0 Å². The van der Waals surface area contributed by atoms with Gasteiger partial charge >= 0.3 is 111 Å².